The van der Waals surface area contributed by atoms with E-state index in [1.165, 1.54) is 0 Å². The smallest absolute Gasteiger partial charge is 0.227 e. The molecule has 1 aliphatic rings. The Morgan fingerprint density at radius 2 is 1.74 bits per heavy atom. The highest BCUT2D eigenvalue weighted by atomic mass is 35.5. The van der Waals surface area contributed by atoms with Gasteiger partial charge in [-0.05, 0) is 36.9 Å². The maximum absolute atomic E-state index is 12.6. The molecule has 23 heavy (non-hydrogen) atoms. The van der Waals surface area contributed by atoms with Crippen molar-refractivity contribution in [1.29, 1.82) is 0 Å². The highest BCUT2D eigenvalue weighted by Crippen LogP contribution is 2.33. The molecule has 3 N–H and O–H groups in total. The normalized spacial score (nSPS) is 19.9. The van der Waals surface area contributed by atoms with Crippen LogP contribution in [-0.2, 0) is 4.79 Å². The average molecular weight is 331 g/mol. The van der Waals surface area contributed by atoms with E-state index in [-0.39, 0.29) is 24.2 Å². The fourth-order valence-electron chi connectivity index (χ4n) is 3.35. The van der Waals surface area contributed by atoms with Crippen LogP contribution in [0, 0.1) is 11.8 Å². The highest BCUT2D eigenvalue weighted by Gasteiger charge is 2.32. The first kappa shape index (κ1) is 17.5. The van der Waals surface area contributed by atoms with Crippen LogP contribution in [0.15, 0.2) is 54.6 Å². The van der Waals surface area contributed by atoms with Crippen LogP contribution in [-0.4, -0.2) is 12.5 Å². The minimum absolute atomic E-state index is 0. The SMILES string of the molecule is Cl.NC[C@H]1CCC[C@H]1C(=O)Nc1ccccc1-c1ccccc1. The lowest BCUT2D eigenvalue weighted by molar-refractivity contribution is -0.120. The fourth-order valence-corrected chi connectivity index (χ4v) is 3.35. The summed E-state index contributed by atoms with van der Waals surface area (Å²) in [5.74, 6) is 0.481. The minimum atomic E-state index is 0. The molecule has 0 saturated heterocycles. The zero-order valence-corrected chi connectivity index (χ0v) is 13.9. The van der Waals surface area contributed by atoms with Crippen molar-refractivity contribution < 1.29 is 4.79 Å². The van der Waals surface area contributed by atoms with Gasteiger partial charge in [0.2, 0.25) is 5.91 Å². The second-order valence-corrected chi connectivity index (χ2v) is 5.93. The van der Waals surface area contributed by atoms with Gasteiger partial charge in [0.05, 0.1) is 0 Å². The molecular weight excluding hydrogens is 308 g/mol. The van der Waals surface area contributed by atoms with Crippen molar-refractivity contribution in [2.45, 2.75) is 19.3 Å². The van der Waals surface area contributed by atoms with Crippen LogP contribution in [0.3, 0.4) is 0 Å². The van der Waals surface area contributed by atoms with E-state index >= 15 is 0 Å². The number of benzene rings is 2. The molecule has 0 unspecified atom stereocenters. The Hall–Kier alpha value is -1.84. The van der Waals surface area contributed by atoms with Gasteiger partial charge < -0.3 is 11.1 Å². The van der Waals surface area contributed by atoms with Crippen LogP contribution in [0.4, 0.5) is 5.69 Å². The number of para-hydroxylation sites is 1. The molecular formula is C19H23ClN2O. The number of hydrogen-bond donors (Lipinski definition) is 2. The Labute approximate surface area is 143 Å². The van der Waals surface area contributed by atoms with Crippen molar-refractivity contribution in [3.8, 4) is 11.1 Å². The van der Waals surface area contributed by atoms with E-state index in [4.69, 9.17) is 5.73 Å². The predicted octanol–water partition coefficient (Wildman–Crippen LogP) is 4.09. The summed E-state index contributed by atoms with van der Waals surface area (Å²) in [6.07, 6.45) is 3.11. The summed E-state index contributed by atoms with van der Waals surface area (Å²) in [6, 6.07) is 18.1. The van der Waals surface area contributed by atoms with Crippen molar-refractivity contribution >= 4 is 24.0 Å². The molecule has 3 rings (SSSR count). The Balaban J connectivity index is 0.00000192. The summed E-state index contributed by atoms with van der Waals surface area (Å²) >= 11 is 0. The van der Waals surface area contributed by atoms with E-state index in [9.17, 15) is 4.79 Å². The van der Waals surface area contributed by atoms with E-state index in [1.54, 1.807) is 0 Å². The number of carbonyl (C=O) groups excluding carboxylic acids is 1. The maximum atomic E-state index is 12.6. The van der Waals surface area contributed by atoms with Gasteiger partial charge in [-0.2, -0.15) is 0 Å². The zero-order valence-electron chi connectivity index (χ0n) is 13.1. The fraction of sp³-hybridized carbons (Fsp3) is 0.316. The van der Waals surface area contributed by atoms with Crippen LogP contribution in [0.5, 0.6) is 0 Å². The standard InChI is InChI=1S/C19H22N2O.ClH/c20-13-15-9-6-11-17(15)19(22)21-18-12-5-4-10-16(18)14-7-2-1-3-8-14;/h1-5,7-8,10,12,15,17H,6,9,11,13,20H2,(H,21,22);1H/t15-,17-;/m1./s1. The molecule has 1 aliphatic carbocycles. The quantitative estimate of drug-likeness (QED) is 0.887. The largest absolute Gasteiger partial charge is 0.330 e. The van der Waals surface area contributed by atoms with Gasteiger partial charge in [0.15, 0.2) is 0 Å². The van der Waals surface area contributed by atoms with Gasteiger partial charge in [-0.1, -0.05) is 55.0 Å². The molecule has 2 aromatic carbocycles. The van der Waals surface area contributed by atoms with Crippen LogP contribution < -0.4 is 11.1 Å². The van der Waals surface area contributed by atoms with Crippen molar-refractivity contribution in [3.05, 3.63) is 54.6 Å². The third-order valence-electron chi connectivity index (χ3n) is 4.57. The van der Waals surface area contributed by atoms with E-state index in [0.29, 0.717) is 12.5 Å². The summed E-state index contributed by atoms with van der Waals surface area (Å²) in [5.41, 5.74) is 8.84. The second kappa shape index (κ2) is 8.14. The maximum Gasteiger partial charge on any atom is 0.227 e. The van der Waals surface area contributed by atoms with E-state index in [0.717, 1.165) is 36.1 Å². The number of anilines is 1. The Morgan fingerprint density at radius 1 is 1.04 bits per heavy atom. The van der Waals surface area contributed by atoms with Gasteiger partial charge in [0, 0.05) is 17.2 Å². The first-order chi connectivity index (χ1) is 10.8. The third kappa shape index (κ3) is 3.92. The Bertz CT molecular complexity index is 645. The highest BCUT2D eigenvalue weighted by molar-refractivity contribution is 5.97. The molecule has 0 aromatic heterocycles. The molecule has 0 heterocycles. The molecule has 1 saturated carbocycles. The number of amides is 1. The summed E-state index contributed by atoms with van der Waals surface area (Å²) in [7, 11) is 0. The molecule has 0 aliphatic heterocycles. The number of hydrogen-bond acceptors (Lipinski definition) is 2. The average Bonchev–Trinajstić information content (AvgIpc) is 3.05. The lowest BCUT2D eigenvalue weighted by Gasteiger charge is -2.19. The van der Waals surface area contributed by atoms with E-state index in [1.807, 2.05) is 42.5 Å². The van der Waals surface area contributed by atoms with Gasteiger partial charge in [0.1, 0.15) is 0 Å². The number of nitrogens with two attached hydrogens (primary N) is 1. The number of rotatable bonds is 4. The number of nitrogens with one attached hydrogen (secondary N) is 1. The summed E-state index contributed by atoms with van der Waals surface area (Å²) in [4.78, 5) is 12.6. The van der Waals surface area contributed by atoms with Gasteiger partial charge in [-0.15, -0.1) is 12.4 Å². The molecule has 122 valence electrons. The Kier molecular flexibility index (Phi) is 6.20. The molecule has 4 heteroatoms. The molecule has 0 spiro atoms. The molecule has 0 bridgehead atoms. The molecule has 0 radical (unpaired) electrons. The van der Waals surface area contributed by atoms with Gasteiger partial charge in [0.25, 0.3) is 0 Å². The molecule has 3 nitrogen and oxygen atoms in total. The van der Waals surface area contributed by atoms with Crippen molar-refractivity contribution in [2.24, 2.45) is 17.6 Å². The van der Waals surface area contributed by atoms with E-state index < -0.39 is 0 Å². The molecule has 2 atom stereocenters. The lowest BCUT2D eigenvalue weighted by Crippen LogP contribution is -2.29. The van der Waals surface area contributed by atoms with E-state index in [2.05, 4.69) is 17.4 Å². The van der Waals surface area contributed by atoms with Crippen LogP contribution in [0.25, 0.3) is 11.1 Å². The van der Waals surface area contributed by atoms with Crippen molar-refractivity contribution in [2.75, 3.05) is 11.9 Å². The van der Waals surface area contributed by atoms with Crippen molar-refractivity contribution in [3.63, 3.8) is 0 Å². The number of halogens is 1. The molecule has 2 aromatic rings. The Morgan fingerprint density at radius 3 is 2.48 bits per heavy atom. The van der Waals surface area contributed by atoms with Crippen LogP contribution >= 0.6 is 12.4 Å². The monoisotopic (exact) mass is 330 g/mol. The first-order valence-corrected chi connectivity index (χ1v) is 7.95. The summed E-state index contributed by atoms with van der Waals surface area (Å²) in [5, 5.41) is 3.12. The summed E-state index contributed by atoms with van der Waals surface area (Å²) in [6.45, 7) is 0.596. The van der Waals surface area contributed by atoms with Gasteiger partial charge >= 0.3 is 0 Å². The topological polar surface area (TPSA) is 55.1 Å². The van der Waals surface area contributed by atoms with Crippen LogP contribution in [0.1, 0.15) is 19.3 Å². The van der Waals surface area contributed by atoms with Gasteiger partial charge in [-0.3, -0.25) is 4.79 Å². The lowest BCUT2D eigenvalue weighted by atomic mass is 9.95. The second-order valence-electron chi connectivity index (χ2n) is 5.93. The molecule has 1 amide bonds. The third-order valence-corrected chi connectivity index (χ3v) is 4.57. The zero-order chi connectivity index (χ0) is 15.4. The minimum Gasteiger partial charge on any atom is -0.330 e. The molecule has 1 fully saturated rings. The summed E-state index contributed by atoms with van der Waals surface area (Å²) < 4.78 is 0. The van der Waals surface area contributed by atoms with Gasteiger partial charge in [-0.25, -0.2) is 0 Å². The van der Waals surface area contributed by atoms with Crippen LogP contribution in [0.2, 0.25) is 0 Å². The predicted molar refractivity (Wildman–Crippen MR) is 97.6 cm³/mol. The first-order valence-electron chi connectivity index (χ1n) is 7.95. The van der Waals surface area contributed by atoms with Crippen molar-refractivity contribution in [1.82, 2.24) is 0 Å². The number of carbonyl (C=O) groups is 1.